The molecule has 0 aromatic heterocycles. The molecule has 3 N–H and O–H groups in total. The summed E-state index contributed by atoms with van der Waals surface area (Å²) >= 11 is 1.64. The van der Waals surface area contributed by atoms with Crippen LogP contribution >= 0.6 is 11.8 Å². The van der Waals surface area contributed by atoms with Crippen molar-refractivity contribution in [3.63, 3.8) is 0 Å². The minimum absolute atomic E-state index is 0.0332. The number of nitrogens with two attached hydrogens (primary N) is 1. The fraction of sp³-hybridized carbons (Fsp3) is 0.462. The Labute approximate surface area is 120 Å². The normalized spacial score (nSPS) is 13.1. The number of hydrogen-bond donors (Lipinski definition) is 2. The van der Waals surface area contributed by atoms with Crippen LogP contribution in [-0.4, -0.2) is 23.5 Å². The molecule has 1 aromatic rings. The maximum absolute atomic E-state index is 12.6. The number of alkyl halides is 3. The Bertz CT molecular complexity index is 477. The van der Waals surface area contributed by atoms with Gasteiger partial charge in [-0.3, -0.25) is 4.79 Å². The quantitative estimate of drug-likeness (QED) is 0.822. The lowest BCUT2D eigenvalue weighted by molar-refractivity contribution is -0.137. The van der Waals surface area contributed by atoms with E-state index in [4.69, 9.17) is 5.73 Å². The van der Waals surface area contributed by atoms with Crippen LogP contribution in [0.15, 0.2) is 18.2 Å². The minimum Gasteiger partial charge on any atom is -0.398 e. The second-order valence-electron chi connectivity index (χ2n) is 4.33. The topological polar surface area (TPSA) is 55.1 Å². The molecule has 7 heteroatoms. The van der Waals surface area contributed by atoms with Crippen LogP contribution in [0.5, 0.6) is 0 Å². The highest BCUT2D eigenvalue weighted by Crippen LogP contribution is 2.31. The lowest BCUT2D eigenvalue weighted by Gasteiger charge is -2.15. The lowest BCUT2D eigenvalue weighted by Crippen LogP contribution is -2.34. The molecule has 0 aliphatic carbocycles. The second-order valence-corrected chi connectivity index (χ2v) is 5.65. The van der Waals surface area contributed by atoms with Gasteiger partial charge in [-0.05, 0) is 30.9 Å². The zero-order valence-electron chi connectivity index (χ0n) is 11.3. The minimum atomic E-state index is -4.49. The van der Waals surface area contributed by atoms with Crippen LogP contribution in [0.4, 0.5) is 18.9 Å². The Morgan fingerprint density at radius 3 is 2.65 bits per heavy atom. The van der Waals surface area contributed by atoms with E-state index < -0.39 is 17.6 Å². The van der Waals surface area contributed by atoms with Crippen molar-refractivity contribution in [2.24, 2.45) is 0 Å². The van der Waals surface area contributed by atoms with Gasteiger partial charge in [0.05, 0.1) is 11.1 Å². The summed E-state index contributed by atoms with van der Waals surface area (Å²) in [5.41, 5.74) is 4.58. The largest absolute Gasteiger partial charge is 0.416 e. The van der Waals surface area contributed by atoms with Gasteiger partial charge in [-0.2, -0.15) is 24.9 Å². The van der Waals surface area contributed by atoms with Gasteiger partial charge in [-0.1, -0.05) is 6.92 Å². The molecule has 0 spiro atoms. The van der Waals surface area contributed by atoms with Gasteiger partial charge in [0.25, 0.3) is 5.91 Å². The molecule has 112 valence electrons. The van der Waals surface area contributed by atoms with Gasteiger partial charge in [0.2, 0.25) is 0 Å². The zero-order valence-corrected chi connectivity index (χ0v) is 12.1. The van der Waals surface area contributed by atoms with Crippen LogP contribution in [0.1, 0.15) is 29.8 Å². The molecule has 0 bridgehead atoms. The summed E-state index contributed by atoms with van der Waals surface area (Å²) < 4.78 is 37.8. The summed E-state index contributed by atoms with van der Waals surface area (Å²) in [4.78, 5) is 12.0. The highest BCUT2D eigenvalue weighted by Gasteiger charge is 2.31. The number of thioether (sulfide) groups is 1. The van der Waals surface area contributed by atoms with Crippen molar-refractivity contribution in [2.75, 3.05) is 17.2 Å². The number of nitrogens with one attached hydrogen (secondary N) is 1. The lowest BCUT2D eigenvalue weighted by atomic mass is 10.1. The van der Waals surface area contributed by atoms with Crippen molar-refractivity contribution in [3.05, 3.63) is 29.3 Å². The number of anilines is 1. The summed E-state index contributed by atoms with van der Waals surface area (Å²) in [6.07, 6.45) is -4.49. The van der Waals surface area contributed by atoms with Crippen molar-refractivity contribution in [2.45, 2.75) is 26.1 Å². The molecule has 0 fully saturated rings. The number of amides is 1. The third-order valence-electron chi connectivity index (χ3n) is 2.57. The maximum Gasteiger partial charge on any atom is 0.416 e. The molecule has 20 heavy (non-hydrogen) atoms. The first-order valence-electron chi connectivity index (χ1n) is 6.11. The first kappa shape index (κ1) is 16.7. The molecule has 0 heterocycles. The molecule has 1 aromatic carbocycles. The monoisotopic (exact) mass is 306 g/mol. The van der Waals surface area contributed by atoms with Gasteiger partial charge in [0.15, 0.2) is 0 Å². The SMILES string of the molecule is CCSCC(C)NC(=O)c1cc(C(F)(F)F)ccc1N. The predicted octanol–water partition coefficient (Wildman–Crippen LogP) is 3.16. The zero-order chi connectivity index (χ0) is 15.3. The number of nitrogen functional groups attached to an aromatic ring is 1. The van der Waals surface area contributed by atoms with E-state index in [9.17, 15) is 18.0 Å². The highest BCUT2D eigenvalue weighted by atomic mass is 32.2. The van der Waals surface area contributed by atoms with Crippen LogP contribution in [-0.2, 0) is 6.18 Å². The van der Waals surface area contributed by atoms with Crippen LogP contribution in [0.2, 0.25) is 0 Å². The summed E-state index contributed by atoms with van der Waals surface area (Å²) in [6.45, 7) is 3.79. The molecular weight excluding hydrogens is 289 g/mol. The smallest absolute Gasteiger partial charge is 0.398 e. The van der Waals surface area contributed by atoms with Gasteiger partial charge in [0, 0.05) is 17.5 Å². The average molecular weight is 306 g/mol. The van der Waals surface area contributed by atoms with E-state index in [0.717, 1.165) is 24.0 Å². The Hall–Kier alpha value is -1.37. The summed E-state index contributed by atoms with van der Waals surface area (Å²) in [7, 11) is 0. The Morgan fingerprint density at radius 2 is 2.10 bits per heavy atom. The van der Waals surface area contributed by atoms with Crippen molar-refractivity contribution < 1.29 is 18.0 Å². The molecule has 0 saturated carbocycles. The molecule has 1 rings (SSSR count). The van der Waals surface area contributed by atoms with Crippen LogP contribution in [0.25, 0.3) is 0 Å². The van der Waals surface area contributed by atoms with E-state index in [1.807, 2.05) is 6.92 Å². The van der Waals surface area contributed by atoms with Gasteiger partial charge < -0.3 is 11.1 Å². The van der Waals surface area contributed by atoms with Crippen LogP contribution in [0, 0.1) is 0 Å². The second kappa shape index (κ2) is 6.88. The number of hydrogen-bond acceptors (Lipinski definition) is 3. The predicted molar refractivity (Wildman–Crippen MR) is 75.8 cm³/mol. The molecular formula is C13H17F3N2OS. The third-order valence-corrected chi connectivity index (χ3v) is 3.72. The molecule has 1 amide bonds. The highest BCUT2D eigenvalue weighted by molar-refractivity contribution is 7.99. The van der Waals surface area contributed by atoms with Crippen molar-refractivity contribution in [1.29, 1.82) is 0 Å². The summed E-state index contributed by atoms with van der Waals surface area (Å²) in [6, 6.07) is 2.61. The molecule has 1 atom stereocenters. The molecule has 3 nitrogen and oxygen atoms in total. The van der Waals surface area contributed by atoms with E-state index in [-0.39, 0.29) is 17.3 Å². The van der Waals surface area contributed by atoms with Crippen molar-refractivity contribution in [3.8, 4) is 0 Å². The standard InChI is InChI=1S/C13H17F3N2OS/c1-3-20-7-8(2)18-12(19)10-6-9(13(14,15)16)4-5-11(10)17/h4-6,8H,3,7,17H2,1-2H3,(H,18,19). The van der Waals surface area contributed by atoms with E-state index in [1.165, 1.54) is 0 Å². The summed E-state index contributed by atoms with van der Waals surface area (Å²) in [5, 5.41) is 2.64. The molecule has 0 aliphatic heterocycles. The Balaban J connectivity index is 2.87. The number of benzene rings is 1. The molecule has 0 radical (unpaired) electrons. The Kier molecular flexibility index (Phi) is 5.74. The fourth-order valence-corrected chi connectivity index (χ4v) is 2.24. The van der Waals surface area contributed by atoms with E-state index in [0.29, 0.717) is 5.75 Å². The van der Waals surface area contributed by atoms with Crippen molar-refractivity contribution >= 4 is 23.4 Å². The number of rotatable bonds is 5. The first-order valence-corrected chi connectivity index (χ1v) is 7.26. The van der Waals surface area contributed by atoms with Crippen LogP contribution in [0.3, 0.4) is 0 Å². The number of halogens is 3. The molecule has 1 unspecified atom stereocenters. The van der Waals surface area contributed by atoms with Gasteiger partial charge in [-0.25, -0.2) is 0 Å². The average Bonchev–Trinajstić information content (AvgIpc) is 2.35. The Morgan fingerprint density at radius 1 is 1.45 bits per heavy atom. The van der Waals surface area contributed by atoms with E-state index in [1.54, 1.807) is 18.7 Å². The van der Waals surface area contributed by atoms with Gasteiger partial charge in [-0.15, -0.1) is 0 Å². The van der Waals surface area contributed by atoms with E-state index >= 15 is 0 Å². The van der Waals surface area contributed by atoms with Crippen LogP contribution < -0.4 is 11.1 Å². The van der Waals surface area contributed by atoms with Gasteiger partial charge >= 0.3 is 6.18 Å². The van der Waals surface area contributed by atoms with E-state index in [2.05, 4.69) is 5.32 Å². The fourth-order valence-electron chi connectivity index (χ4n) is 1.57. The number of carbonyl (C=O) groups is 1. The summed E-state index contributed by atoms with van der Waals surface area (Å²) in [5.74, 6) is 1.02. The third kappa shape index (κ3) is 4.63. The molecule has 0 saturated heterocycles. The van der Waals surface area contributed by atoms with Crippen molar-refractivity contribution in [1.82, 2.24) is 5.32 Å². The number of carbonyl (C=O) groups excluding carboxylic acids is 1. The first-order chi connectivity index (χ1) is 9.25. The molecule has 0 aliphatic rings. The maximum atomic E-state index is 12.6. The van der Waals surface area contributed by atoms with Gasteiger partial charge in [0.1, 0.15) is 0 Å².